The first-order chi connectivity index (χ1) is 8.66. The molecule has 5 heteroatoms. The molecule has 3 rings (SSSR count). The van der Waals surface area contributed by atoms with Crippen LogP contribution in [0.25, 0.3) is 0 Å². The third-order valence-corrected chi connectivity index (χ3v) is 4.06. The zero-order chi connectivity index (χ0) is 12.7. The van der Waals surface area contributed by atoms with Crippen molar-refractivity contribution >= 4 is 17.5 Å². The molecule has 1 aromatic carbocycles. The van der Waals surface area contributed by atoms with Crippen molar-refractivity contribution in [1.82, 2.24) is 10.6 Å². The summed E-state index contributed by atoms with van der Waals surface area (Å²) in [7, 11) is 0. The number of halogens is 2. The maximum absolute atomic E-state index is 13.6. The Morgan fingerprint density at radius 3 is 3.06 bits per heavy atom. The second-order valence-electron chi connectivity index (χ2n) is 4.98. The maximum Gasteiger partial charge on any atom is 0.237 e. The molecular formula is C13H14ClFN2O. The monoisotopic (exact) mass is 268 g/mol. The summed E-state index contributed by atoms with van der Waals surface area (Å²) in [6.45, 7) is 1.11. The van der Waals surface area contributed by atoms with Gasteiger partial charge in [-0.3, -0.25) is 4.79 Å². The van der Waals surface area contributed by atoms with Crippen LogP contribution in [0, 0.1) is 17.7 Å². The number of rotatable bonds is 3. The lowest BCUT2D eigenvalue weighted by Gasteiger charge is -2.13. The van der Waals surface area contributed by atoms with Gasteiger partial charge in [-0.2, -0.15) is 0 Å². The molecule has 96 valence electrons. The zero-order valence-corrected chi connectivity index (χ0v) is 10.5. The Bertz CT molecular complexity index is 494. The Hall–Kier alpha value is -1.13. The zero-order valence-electron chi connectivity index (χ0n) is 9.75. The summed E-state index contributed by atoms with van der Waals surface area (Å²) in [5, 5.41) is 6.04. The minimum atomic E-state index is -0.455. The van der Waals surface area contributed by atoms with Crippen LogP contribution in [0.3, 0.4) is 0 Å². The van der Waals surface area contributed by atoms with E-state index in [1.54, 1.807) is 12.1 Å². The fraction of sp³-hybridized carbons (Fsp3) is 0.462. The van der Waals surface area contributed by atoms with E-state index in [1.165, 1.54) is 6.07 Å². The van der Waals surface area contributed by atoms with Crippen molar-refractivity contribution in [2.75, 3.05) is 6.54 Å². The first kappa shape index (κ1) is 11.9. The topological polar surface area (TPSA) is 41.1 Å². The second-order valence-corrected chi connectivity index (χ2v) is 5.38. The molecule has 3 nitrogen and oxygen atoms in total. The lowest BCUT2D eigenvalue weighted by molar-refractivity contribution is -0.123. The van der Waals surface area contributed by atoms with Gasteiger partial charge in [-0.1, -0.05) is 23.7 Å². The summed E-state index contributed by atoms with van der Waals surface area (Å²) in [6, 6.07) is 4.70. The SMILES string of the molecule is O=C(NCc1cccc(Cl)c1F)C1NCC2CC21. The standard InChI is InChI=1S/C13H14ClFN2O/c14-10-3-1-2-7(11(10)15)5-17-13(18)12-9-4-8(9)6-16-12/h1-3,8-9,12,16H,4-6H2,(H,17,18). The Kier molecular flexibility index (Phi) is 2.99. The summed E-state index contributed by atoms with van der Waals surface area (Å²) < 4.78 is 13.6. The van der Waals surface area contributed by atoms with E-state index in [4.69, 9.17) is 11.6 Å². The minimum absolute atomic E-state index is 0.0422. The number of hydrogen-bond acceptors (Lipinski definition) is 2. The molecule has 0 aromatic heterocycles. The number of nitrogens with one attached hydrogen (secondary N) is 2. The Balaban J connectivity index is 1.60. The molecule has 1 aromatic rings. The number of carbonyl (C=O) groups is 1. The number of piperidine rings is 1. The van der Waals surface area contributed by atoms with Gasteiger partial charge < -0.3 is 10.6 Å². The Labute approximate surface area is 110 Å². The van der Waals surface area contributed by atoms with Gasteiger partial charge in [0.1, 0.15) is 5.82 Å². The highest BCUT2D eigenvalue weighted by molar-refractivity contribution is 6.30. The van der Waals surface area contributed by atoms with E-state index in [0.717, 1.165) is 13.0 Å². The van der Waals surface area contributed by atoms with Crippen molar-refractivity contribution in [2.24, 2.45) is 11.8 Å². The van der Waals surface area contributed by atoms with E-state index in [-0.39, 0.29) is 23.5 Å². The van der Waals surface area contributed by atoms with Crippen LogP contribution in [0.2, 0.25) is 5.02 Å². The van der Waals surface area contributed by atoms with Crippen LogP contribution in [0.5, 0.6) is 0 Å². The molecule has 1 aliphatic heterocycles. The van der Waals surface area contributed by atoms with Gasteiger partial charge in [-0.05, 0) is 30.9 Å². The van der Waals surface area contributed by atoms with Crippen LogP contribution in [0.15, 0.2) is 18.2 Å². The molecule has 2 fully saturated rings. The van der Waals surface area contributed by atoms with Crippen molar-refractivity contribution in [2.45, 2.75) is 19.0 Å². The molecule has 1 aliphatic carbocycles. The van der Waals surface area contributed by atoms with Crippen molar-refractivity contribution in [1.29, 1.82) is 0 Å². The highest BCUT2D eigenvalue weighted by Gasteiger charge is 2.50. The fourth-order valence-electron chi connectivity index (χ4n) is 2.61. The van der Waals surface area contributed by atoms with Gasteiger partial charge in [0.05, 0.1) is 11.1 Å². The van der Waals surface area contributed by atoms with Crippen LogP contribution in [0.1, 0.15) is 12.0 Å². The van der Waals surface area contributed by atoms with Gasteiger partial charge in [0.25, 0.3) is 0 Å². The lowest BCUT2D eigenvalue weighted by atomic mass is 10.1. The molecule has 1 heterocycles. The highest BCUT2D eigenvalue weighted by Crippen LogP contribution is 2.45. The number of fused-ring (bicyclic) bond motifs is 1. The molecule has 3 atom stereocenters. The summed E-state index contributed by atoms with van der Waals surface area (Å²) in [5.74, 6) is 0.653. The number of carbonyl (C=O) groups excluding carboxylic acids is 1. The summed E-state index contributed by atoms with van der Waals surface area (Å²) >= 11 is 5.69. The van der Waals surface area contributed by atoms with Gasteiger partial charge >= 0.3 is 0 Å². The van der Waals surface area contributed by atoms with E-state index >= 15 is 0 Å². The minimum Gasteiger partial charge on any atom is -0.351 e. The van der Waals surface area contributed by atoms with E-state index < -0.39 is 5.82 Å². The van der Waals surface area contributed by atoms with Gasteiger partial charge in [-0.15, -0.1) is 0 Å². The third-order valence-electron chi connectivity index (χ3n) is 3.77. The molecular weight excluding hydrogens is 255 g/mol. The van der Waals surface area contributed by atoms with E-state index in [0.29, 0.717) is 17.4 Å². The number of benzene rings is 1. The average molecular weight is 269 g/mol. The molecule has 1 saturated heterocycles. The first-order valence-electron chi connectivity index (χ1n) is 6.11. The van der Waals surface area contributed by atoms with Gasteiger partial charge in [0, 0.05) is 12.1 Å². The summed E-state index contributed by atoms with van der Waals surface area (Å²) in [4.78, 5) is 11.9. The van der Waals surface area contributed by atoms with Gasteiger partial charge in [0.2, 0.25) is 5.91 Å². The van der Waals surface area contributed by atoms with Gasteiger partial charge in [-0.25, -0.2) is 4.39 Å². The largest absolute Gasteiger partial charge is 0.351 e. The molecule has 0 radical (unpaired) electrons. The molecule has 2 aliphatic rings. The molecule has 0 spiro atoms. The van der Waals surface area contributed by atoms with Gasteiger partial charge in [0.15, 0.2) is 0 Å². The highest BCUT2D eigenvalue weighted by atomic mass is 35.5. The van der Waals surface area contributed by atoms with Crippen molar-refractivity contribution in [3.63, 3.8) is 0 Å². The smallest absolute Gasteiger partial charge is 0.237 e. The third kappa shape index (κ3) is 2.10. The molecule has 18 heavy (non-hydrogen) atoms. The molecule has 1 saturated carbocycles. The number of hydrogen-bond donors (Lipinski definition) is 2. The molecule has 1 amide bonds. The van der Waals surface area contributed by atoms with E-state index in [1.807, 2.05) is 0 Å². The van der Waals surface area contributed by atoms with Crippen molar-refractivity contribution in [3.05, 3.63) is 34.6 Å². The van der Waals surface area contributed by atoms with Crippen molar-refractivity contribution < 1.29 is 9.18 Å². The first-order valence-corrected chi connectivity index (χ1v) is 6.48. The average Bonchev–Trinajstić information content (AvgIpc) is 3.02. The Morgan fingerprint density at radius 1 is 1.56 bits per heavy atom. The second kappa shape index (κ2) is 4.52. The predicted molar refractivity (Wildman–Crippen MR) is 66.6 cm³/mol. The lowest BCUT2D eigenvalue weighted by Crippen LogP contribution is -2.42. The van der Waals surface area contributed by atoms with Crippen molar-refractivity contribution in [3.8, 4) is 0 Å². The normalized spacial score (nSPS) is 28.9. The molecule has 0 bridgehead atoms. The number of amides is 1. The molecule has 2 N–H and O–H groups in total. The van der Waals surface area contributed by atoms with Crippen LogP contribution < -0.4 is 10.6 Å². The van der Waals surface area contributed by atoms with Crippen LogP contribution >= 0.6 is 11.6 Å². The van der Waals surface area contributed by atoms with Crippen LogP contribution in [-0.2, 0) is 11.3 Å². The quantitative estimate of drug-likeness (QED) is 0.876. The van der Waals surface area contributed by atoms with Crippen LogP contribution in [-0.4, -0.2) is 18.5 Å². The Morgan fingerprint density at radius 2 is 2.39 bits per heavy atom. The van der Waals surface area contributed by atoms with Crippen LogP contribution in [0.4, 0.5) is 4.39 Å². The predicted octanol–water partition coefficient (Wildman–Crippen LogP) is 1.70. The molecule has 3 unspecified atom stereocenters. The maximum atomic E-state index is 13.6. The van der Waals surface area contributed by atoms with E-state index in [9.17, 15) is 9.18 Å². The summed E-state index contributed by atoms with van der Waals surface area (Å²) in [5.41, 5.74) is 0.418. The van der Waals surface area contributed by atoms with E-state index in [2.05, 4.69) is 10.6 Å². The fourth-order valence-corrected chi connectivity index (χ4v) is 2.80. The summed E-state index contributed by atoms with van der Waals surface area (Å²) in [6.07, 6.45) is 1.14.